The lowest BCUT2D eigenvalue weighted by Crippen LogP contribution is -2.18. The van der Waals surface area contributed by atoms with Crippen LogP contribution in [0.2, 0.25) is 0 Å². The highest BCUT2D eigenvalue weighted by atomic mass is 16.4. The summed E-state index contributed by atoms with van der Waals surface area (Å²) in [7, 11) is 0. The molecule has 0 aliphatic rings. The maximum atomic E-state index is 11.0. The van der Waals surface area contributed by atoms with Gasteiger partial charge in [-0.2, -0.15) is 0 Å². The lowest BCUT2D eigenvalue weighted by atomic mass is 10.0. The van der Waals surface area contributed by atoms with E-state index in [1.165, 1.54) is 0 Å². The van der Waals surface area contributed by atoms with Gasteiger partial charge in [-0.05, 0) is 26.0 Å². The summed E-state index contributed by atoms with van der Waals surface area (Å²) >= 11 is 0. The van der Waals surface area contributed by atoms with Crippen LogP contribution in [0, 0.1) is 6.92 Å². The molecule has 1 aromatic heterocycles. The SMILES string of the molecule is Cc1cc(C(CCN)C(=O)O)nc(N)n1. The van der Waals surface area contributed by atoms with Gasteiger partial charge in [0.2, 0.25) is 5.95 Å². The molecular weight excluding hydrogens is 196 g/mol. The number of hydrogen-bond donors (Lipinski definition) is 3. The fourth-order valence-corrected chi connectivity index (χ4v) is 1.36. The molecule has 1 heterocycles. The van der Waals surface area contributed by atoms with Crippen molar-refractivity contribution in [2.45, 2.75) is 19.3 Å². The van der Waals surface area contributed by atoms with Crippen LogP contribution in [0.4, 0.5) is 5.95 Å². The third kappa shape index (κ3) is 2.88. The van der Waals surface area contributed by atoms with Crippen molar-refractivity contribution in [3.63, 3.8) is 0 Å². The number of aliphatic carboxylic acids is 1. The summed E-state index contributed by atoms with van der Waals surface area (Å²) in [5.74, 6) is -1.56. The Morgan fingerprint density at radius 3 is 2.73 bits per heavy atom. The largest absolute Gasteiger partial charge is 0.481 e. The van der Waals surface area contributed by atoms with Gasteiger partial charge >= 0.3 is 5.97 Å². The van der Waals surface area contributed by atoms with Gasteiger partial charge in [0.1, 0.15) is 5.92 Å². The molecule has 6 nitrogen and oxygen atoms in total. The van der Waals surface area contributed by atoms with Crippen molar-refractivity contribution < 1.29 is 9.90 Å². The average Bonchev–Trinajstić information content (AvgIpc) is 2.11. The van der Waals surface area contributed by atoms with Crippen LogP contribution in [0.3, 0.4) is 0 Å². The second kappa shape index (κ2) is 4.70. The summed E-state index contributed by atoms with van der Waals surface area (Å²) in [6.07, 6.45) is 0.339. The Morgan fingerprint density at radius 1 is 1.60 bits per heavy atom. The number of rotatable bonds is 4. The van der Waals surface area contributed by atoms with E-state index in [2.05, 4.69) is 9.97 Å². The van der Waals surface area contributed by atoms with Crippen LogP contribution in [-0.4, -0.2) is 27.6 Å². The monoisotopic (exact) mass is 210 g/mol. The van der Waals surface area contributed by atoms with Gasteiger partial charge in [0.15, 0.2) is 0 Å². The van der Waals surface area contributed by atoms with E-state index in [9.17, 15) is 4.79 Å². The smallest absolute Gasteiger partial charge is 0.312 e. The summed E-state index contributed by atoms with van der Waals surface area (Å²) in [6.45, 7) is 2.03. The zero-order valence-electron chi connectivity index (χ0n) is 8.47. The van der Waals surface area contributed by atoms with Crippen LogP contribution in [-0.2, 0) is 4.79 Å². The minimum Gasteiger partial charge on any atom is -0.481 e. The van der Waals surface area contributed by atoms with E-state index in [4.69, 9.17) is 16.6 Å². The number of nitrogens with zero attached hydrogens (tertiary/aromatic N) is 2. The molecule has 0 bridgehead atoms. The van der Waals surface area contributed by atoms with Crippen LogP contribution in [0.25, 0.3) is 0 Å². The van der Waals surface area contributed by atoms with Crippen molar-refractivity contribution in [1.82, 2.24) is 9.97 Å². The van der Waals surface area contributed by atoms with Crippen molar-refractivity contribution in [3.8, 4) is 0 Å². The van der Waals surface area contributed by atoms with Gasteiger partial charge in [0, 0.05) is 5.69 Å². The molecule has 1 rings (SSSR count). The summed E-state index contributed by atoms with van der Waals surface area (Å²) in [4.78, 5) is 18.7. The number of carboxylic acids is 1. The summed E-state index contributed by atoms with van der Waals surface area (Å²) in [5.41, 5.74) is 11.9. The van der Waals surface area contributed by atoms with Crippen molar-refractivity contribution in [1.29, 1.82) is 0 Å². The number of aryl methyl sites for hydroxylation is 1. The maximum absolute atomic E-state index is 11.0. The molecule has 0 amide bonds. The first kappa shape index (κ1) is 11.4. The molecule has 6 heteroatoms. The van der Waals surface area contributed by atoms with Crippen molar-refractivity contribution >= 4 is 11.9 Å². The maximum Gasteiger partial charge on any atom is 0.312 e. The number of nitrogens with two attached hydrogens (primary N) is 2. The molecule has 0 saturated carbocycles. The molecule has 0 fully saturated rings. The second-order valence-corrected chi connectivity index (χ2v) is 3.26. The number of aromatic nitrogens is 2. The second-order valence-electron chi connectivity index (χ2n) is 3.26. The van der Waals surface area contributed by atoms with Crippen LogP contribution in [0.15, 0.2) is 6.07 Å². The van der Waals surface area contributed by atoms with E-state index >= 15 is 0 Å². The first-order valence-corrected chi connectivity index (χ1v) is 4.58. The summed E-state index contributed by atoms with van der Waals surface area (Å²) < 4.78 is 0. The Bertz CT molecular complexity index is 347. The minimum atomic E-state index is -0.946. The van der Waals surface area contributed by atoms with Crippen LogP contribution < -0.4 is 11.5 Å². The number of hydrogen-bond acceptors (Lipinski definition) is 5. The van der Waals surface area contributed by atoms with Crippen LogP contribution in [0.1, 0.15) is 23.7 Å². The van der Waals surface area contributed by atoms with Gasteiger partial charge < -0.3 is 16.6 Å². The molecule has 0 aliphatic heterocycles. The van der Waals surface area contributed by atoms with E-state index in [1.807, 2.05) is 0 Å². The lowest BCUT2D eigenvalue weighted by molar-refractivity contribution is -0.139. The zero-order valence-corrected chi connectivity index (χ0v) is 8.47. The Kier molecular flexibility index (Phi) is 3.56. The van der Waals surface area contributed by atoms with E-state index in [0.717, 1.165) is 0 Å². The molecule has 0 aliphatic carbocycles. The molecule has 5 N–H and O–H groups in total. The Morgan fingerprint density at radius 2 is 2.27 bits per heavy atom. The van der Waals surface area contributed by atoms with Crippen molar-refractivity contribution in [2.75, 3.05) is 12.3 Å². The van der Waals surface area contributed by atoms with Gasteiger partial charge in [-0.25, -0.2) is 9.97 Å². The van der Waals surface area contributed by atoms with Gasteiger partial charge in [0.25, 0.3) is 0 Å². The predicted molar refractivity (Wildman–Crippen MR) is 55.2 cm³/mol. The summed E-state index contributed by atoms with van der Waals surface area (Å²) in [6, 6.07) is 1.62. The number of anilines is 1. The normalized spacial score (nSPS) is 12.4. The molecule has 0 aromatic carbocycles. The highest BCUT2D eigenvalue weighted by Gasteiger charge is 2.21. The van der Waals surface area contributed by atoms with Crippen LogP contribution in [0.5, 0.6) is 0 Å². The molecule has 0 spiro atoms. The number of carboxylic acid groups (broad SMARTS) is 1. The molecule has 1 unspecified atom stereocenters. The predicted octanol–water partition coefficient (Wildman–Crippen LogP) is -0.116. The van der Waals surface area contributed by atoms with Gasteiger partial charge in [-0.15, -0.1) is 0 Å². The van der Waals surface area contributed by atoms with E-state index < -0.39 is 11.9 Å². The highest BCUT2D eigenvalue weighted by Crippen LogP contribution is 2.18. The molecule has 15 heavy (non-hydrogen) atoms. The molecule has 82 valence electrons. The van der Waals surface area contributed by atoms with Gasteiger partial charge in [-0.1, -0.05) is 0 Å². The third-order valence-electron chi connectivity index (χ3n) is 2.00. The lowest BCUT2D eigenvalue weighted by Gasteiger charge is -2.11. The first-order chi connectivity index (χ1) is 7.04. The molecule has 1 atom stereocenters. The average molecular weight is 210 g/mol. The van der Waals surface area contributed by atoms with Crippen molar-refractivity contribution in [3.05, 3.63) is 17.5 Å². The molecule has 0 radical (unpaired) electrons. The number of nitrogen functional groups attached to an aromatic ring is 1. The van der Waals surface area contributed by atoms with E-state index in [0.29, 0.717) is 24.4 Å². The van der Waals surface area contributed by atoms with Crippen molar-refractivity contribution in [2.24, 2.45) is 5.73 Å². The fourth-order valence-electron chi connectivity index (χ4n) is 1.36. The summed E-state index contributed by atoms with van der Waals surface area (Å²) in [5, 5.41) is 8.98. The fraction of sp³-hybridized carbons (Fsp3) is 0.444. The molecule has 1 aromatic rings. The Hall–Kier alpha value is -1.69. The van der Waals surface area contributed by atoms with E-state index in [1.54, 1.807) is 13.0 Å². The topological polar surface area (TPSA) is 115 Å². The minimum absolute atomic E-state index is 0.0910. The molecular formula is C9H14N4O2. The quantitative estimate of drug-likeness (QED) is 0.638. The Labute approximate surface area is 87.3 Å². The highest BCUT2D eigenvalue weighted by molar-refractivity contribution is 5.75. The Balaban J connectivity index is 3.05. The third-order valence-corrected chi connectivity index (χ3v) is 2.00. The first-order valence-electron chi connectivity index (χ1n) is 4.58. The number of carbonyl (C=O) groups is 1. The standard InChI is InChI=1S/C9H14N4O2/c1-5-4-7(13-9(11)12-5)6(2-3-10)8(14)15/h4,6H,2-3,10H2,1H3,(H,14,15)(H2,11,12,13). The van der Waals surface area contributed by atoms with Crippen LogP contribution >= 0.6 is 0 Å². The zero-order chi connectivity index (χ0) is 11.4. The molecule has 0 saturated heterocycles. The van der Waals surface area contributed by atoms with Gasteiger partial charge in [0.05, 0.1) is 5.69 Å². The van der Waals surface area contributed by atoms with Gasteiger partial charge in [-0.3, -0.25) is 4.79 Å². The van der Waals surface area contributed by atoms with E-state index in [-0.39, 0.29) is 5.95 Å².